The summed E-state index contributed by atoms with van der Waals surface area (Å²) in [6.45, 7) is 1.68. The summed E-state index contributed by atoms with van der Waals surface area (Å²) in [6.07, 6.45) is 7.50. The Morgan fingerprint density at radius 2 is 2.12 bits per heavy atom. The van der Waals surface area contributed by atoms with Crippen LogP contribution in [0.1, 0.15) is 0 Å². The Hall–Kier alpha value is -2.30. The first kappa shape index (κ1) is 9.89. The zero-order chi connectivity index (χ0) is 11.5. The van der Waals surface area contributed by atoms with Crippen LogP contribution in [0.15, 0.2) is 49.1 Å². The van der Waals surface area contributed by atoms with Crippen molar-refractivity contribution in [1.82, 2.24) is 19.2 Å². The molecule has 5 heteroatoms. The van der Waals surface area contributed by atoms with Gasteiger partial charge in [-0.2, -0.15) is 5.10 Å². The monoisotopic (exact) mass is 227 g/mol. The molecular weight excluding hydrogens is 214 g/mol. The lowest BCUT2D eigenvalue weighted by molar-refractivity contribution is 0.636. The van der Waals surface area contributed by atoms with Gasteiger partial charge >= 0.3 is 0 Å². The standard InChI is InChI=1S/C12H13N5/c1-3-11(17-10-7-14-12(17)4-1)13-6-9-16-8-2-5-15-16/h1-5,7-8,10,13H,6,9H2. The van der Waals surface area contributed by atoms with Crippen LogP contribution in [-0.2, 0) is 6.54 Å². The van der Waals surface area contributed by atoms with Gasteiger partial charge in [-0.25, -0.2) is 4.98 Å². The van der Waals surface area contributed by atoms with Crippen LogP contribution >= 0.6 is 0 Å². The van der Waals surface area contributed by atoms with Crippen LogP contribution in [0.5, 0.6) is 0 Å². The van der Waals surface area contributed by atoms with Crippen molar-refractivity contribution in [3.8, 4) is 0 Å². The minimum Gasteiger partial charge on any atom is -0.369 e. The van der Waals surface area contributed by atoms with Crippen LogP contribution in [0.3, 0.4) is 0 Å². The molecule has 86 valence electrons. The van der Waals surface area contributed by atoms with E-state index in [1.165, 1.54) is 0 Å². The Kier molecular flexibility index (Phi) is 2.50. The number of hydrogen-bond acceptors (Lipinski definition) is 3. The molecule has 0 saturated carbocycles. The zero-order valence-corrected chi connectivity index (χ0v) is 9.32. The van der Waals surface area contributed by atoms with E-state index in [1.54, 1.807) is 12.4 Å². The summed E-state index contributed by atoms with van der Waals surface area (Å²) in [6, 6.07) is 7.95. The van der Waals surface area contributed by atoms with Crippen molar-refractivity contribution in [2.45, 2.75) is 6.54 Å². The normalized spacial score (nSPS) is 10.8. The van der Waals surface area contributed by atoms with Crippen molar-refractivity contribution >= 4 is 11.5 Å². The maximum absolute atomic E-state index is 4.24. The number of nitrogens with one attached hydrogen (secondary N) is 1. The van der Waals surface area contributed by atoms with Crippen molar-refractivity contribution in [3.05, 3.63) is 49.1 Å². The van der Waals surface area contributed by atoms with Crippen molar-refractivity contribution in [1.29, 1.82) is 0 Å². The molecule has 0 fully saturated rings. The third-order valence-corrected chi connectivity index (χ3v) is 2.63. The summed E-state index contributed by atoms with van der Waals surface area (Å²) in [5, 5.41) is 7.53. The van der Waals surface area contributed by atoms with Gasteiger partial charge in [-0.1, -0.05) is 6.07 Å². The topological polar surface area (TPSA) is 47.2 Å². The highest BCUT2D eigenvalue weighted by Gasteiger charge is 1.99. The molecule has 3 rings (SSSR count). The number of pyridine rings is 1. The summed E-state index contributed by atoms with van der Waals surface area (Å²) in [5.41, 5.74) is 0.953. The number of hydrogen-bond donors (Lipinski definition) is 1. The zero-order valence-electron chi connectivity index (χ0n) is 9.32. The van der Waals surface area contributed by atoms with E-state index in [2.05, 4.69) is 15.4 Å². The number of imidazole rings is 1. The third-order valence-electron chi connectivity index (χ3n) is 2.63. The van der Waals surface area contributed by atoms with E-state index in [1.807, 2.05) is 45.7 Å². The molecule has 0 aliphatic carbocycles. The average Bonchev–Trinajstić information content (AvgIpc) is 2.99. The quantitative estimate of drug-likeness (QED) is 0.737. The number of rotatable bonds is 4. The molecule has 17 heavy (non-hydrogen) atoms. The summed E-state index contributed by atoms with van der Waals surface area (Å²) >= 11 is 0. The van der Waals surface area contributed by atoms with Crippen LogP contribution in [0.2, 0.25) is 0 Å². The van der Waals surface area contributed by atoms with E-state index < -0.39 is 0 Å². The molecule has 0 aromatic carbocycles. The van der Waals surface area contributed by atoms with Crippen molar-refractivity contribution in [3.63, 3.8) is 0 Å². The lowest BCUT2D eigenvalue weighted by atomic mass is 10.4. The van der Waals surface area contributed by atoms with Crippen LogP contribution in [0.4, 0.5) is 5.82 Å². The van der Waals surface area contributed by atoms with E-state index in [-0.39, 0.29) is 0 Å². The highest BCUT2D eigenvalue weighted by Crippen LogP contribution is 2.10. The minimum absolute atomic E-state index is 0.832. The molecule has 3 heterocycles. The number of nitrogens with zero attached hydrogens (tertiary/aromatic N) is 4. The molecule has 0 aliphatic rings. The fraction of sp³-hybridized carbons (Fsp3) is 0.167. The van der Waals surface area contributed by atoms with Gasteiger partial charge in [-0.15, -0.1) is 0 Å². The number of fused-ring (bicyclic) bond motifs is 1. The summed E-state index contributed by atoms with van der Waals surface area (Å²) in [5.74, 6) is 1.05. The van der Waals surface area contributed by atoms with Gasteiger partial charge in [-0.05, 0) is 18.2 Å². The maximum atomic E-state index is 4.24. The molecule has 0 atom stereocenters. The lowest BCUT2D eigenvalue weighted by Crippen LogP contribution is -2.12. The smallest absolute Gasteiger partial charge is 0.138 e. The first-order valence-electron chi connectivity index (χ1n) is 5.57. The highest BCUT2D eigenvalue weighted by atomic mass is 15.3. The molecule has 5 nitrogen and oxygen atoms in total. The first-order chi connectivity index (χ1) is 8.43. The lowest BCUT2D eigenvalue weighted by Gasteiger charge is -2.08. The van der Waals surface area contributed by atoms with E-state index in [0.29, 0.717) is 0 Å². The van der Waals surface area contributed by atoms with Gasteiger partial charge < -0.3 is 5.32 Å². The Balaban J connectivity index is 1.70. The molecule has 0 amide bonds. The van der Waals surface area contributed by atoms with Gasteiger partial charge in [-0.3, -0.25) is 9.08 Å². The fourth-order valence-corrected chi connectivity index (χ4v) is 1.82. The summed E-state index contributed by atoms with van der Waals surface area (Å²) in [7, 11) is 0. The fourth-order valence-electron chi connectivity index (χ4n) is 1.82. The second-order valence-electron chi connectivity index (χ2n) is 3.76. The van der Waals surface area contributed by atoms with Crippen molar-refractivity contribution in [2.24, 2.45) is 0 Å². The molecule has 1 N–H and O–H groups in total. The number of anilines is 1. The second kappa shape index (κ2) is 4.29. The predicted octanol–water partition coefficient (Wildman–Crippen LogP) is 1.64. The van der Waals surface area contributed by atoms with Gasteiger partial charge in [0, 0.05) is 31.3 Å². The van der Waals surface area contributed by atoms with Gasteiger partial charge in [0.25, 0.3) is 0 Å². The molecule has 0 bridgehead atoms. The largest absolute Gasteiger partial charge is 0.369 e. The summed E-state index contributed by atoms with van der Waals surface area (Å²) in [4.78, 5) is 4.24. The molecule has 0 aliphatic heterocycles. The molecule has 3 aromatic rings. The minimum atomic E-state index is 0.832. The van der Waals surface area contributed by atoms with Crippen LogP contribution in [-0.4, -0.2) is 25.7 Å². The van der Waals surface area contributed by atoms with Gasteiger partial charge in [0.2, 0.25) is 0 Å². The van der Waals surface area contributed by atoms with E-state index in [9.17, 15) is 0 Å². The number of aromatic nitrogens is 4. The molecular formula is C12H13N5. The van der Waals surface area contributed by atoms with E-state index in [4.69, 9.17) is 0 Å². The Labute approximate surface area is 98.7 Å². The third kappa shape index (κ3) is 1.99. The second-order valence-corrected chi connectivity index (χ2v) is 3.76. The summed E-state index contributed by atoms with van der Waals surface area (Å²) < 4.78 is 3.93. The molecule has 0 unspecified atom stereocenters. The Morgan fingerprint density at radius 3 is 3.00 bits per heavy atom. The van der Waals surface area contributed by atoms with Gasteiger partial charge in [0.15, 0.2) is 0 Å². The van der Waals surface area contributed by atoms with Crippen molar-refractivity contribution < 1.29 is 0 Å². The van der Waals surface area contributed by atoms with E-state index in [0.717, 1.165) is 24.6 Å². The highest BCUT2D eigenvalue weighted by molar-refractivity contribution is 5.49. The molecule has 0 spiro atoms. The van der Waals surface area contributed by atoms with Crippen LogP contribution in [0.25, 0.3) is 5.65 Å². The SMILES string of the molecule is c1cc(NCCn2cccn2)n2ccnc2c1. The van der Waals surface area contributed by atoms with Crippen LogP contribution < -0.4 is 5.32 Å². The maximum Gasteiger partial charge on any atom is 0.138 e. The van der Waals surface area contributed by atoms with Gasteiger partial charge in [0.05, 0.1) is 6.54 Å². The van der Waals surface area contributed by atoms with Crippen molar-refractivity contribution in [2.75, 3.05) is 11.9 Å². The van der Waals surface area contributed by atoms with E-state index >= 15 is 0 Å². The van der Waals surface area contributed by atoms with Crippen LogP contribution in [0, 0.1) is 0 Å². The predicted molar refractivity (Wildman–Crippen MR) is 65.9 cm³/mol. The van der Waals surface area contributed by atoms with Gasteiger partial charge in [0.1, 0.15) is 11.5 Å². The molecule has 0 radical (unpaired) electrons. The molecule has 3 aromatic heterocycles. The average molecular weight is 227 g/mol. The molecule has 0 saturated heterocycles. The first-order valence-corrected chi connectivity index (χ1v) is 5.57. The Morgan fingerprint density at radius 1 is 1.12 bits per heavy atom. The Bertz CT molecular complexity index is 596.